The van der Waals surface area contributed by atoms with Gasteiger partial charge in [-0.25, -0.2) is 4.68 Å². The molecule has 1 heterocycles. The number of benzene rings is 1. The number of carbonyl (C=O) groups excluding carboxylic acids is 1. The first-order valence-corrected chi connectivity index (χ1v) is 7.00. The molecule has 1 aromatic heterocycles. The van der Waals surface area contributed by atoms with E-state index in [4.69, 9.17) is 0 Å². The Labute approximate surface area is 128 Å². The second-order valence-electron chi connectivity index (χ2n) is 5.28. The van der Waals surface area contributed by atoms with E-state index in [1.165, 1.54) is 18.0 Å². The molecule has 0 aliphatic rings. The van der Waals surface area contributed by atoms with Crippen molar-refractivity contribution >= 4 is 5.91 Å². The first-order valence-electron chi connectivity index (χ1n) is 7.00. The van der Waals surface area contributed by atoms with Crippen molar-refractivity contribution in [1.29, 1.82) is 0 Å². The molecule has 2 aromatic rings. The third-order valence-electron chi connectivity index (χ3n) is 3.20. The summed E-state index contributed by atoms with van der Waals surface area (Å²) in [5, 5.41) is 13.6. The number of para-hydroxylation sites is 1. The van der Waals surface area contributed by atoms with Crippen molar-refractivity contribution in [1.82, 2.24) is 14.7 Å². The standard InChI is InChI=1S/C16H19N3O3/c1-11-9-14(21)15(16(22)18(3)10-12(2)20)17-19(11)13-7-5-4-6-8-13/h4-9,12,20H,10H2,1-3H3. The average Bonchev–Trinajstić information content (AvgIpc) is 2.47. The van der Waals surface area contributed by atoms with Crippen molar-refractivity contribution in [3.05, 3.63) is 58.0 Å². The van der Waals surface area contributed by atoms with Crippen LogP contribution in [0.25, 0.3) is 5.69 Å². The molecule has 22 heavy (non-hydrogen) atoms. The van der Waals surface area contributed by atoms with Crippen LogP contribution in [0.5, 0.6) is 0 Å². The van der Waals surface area contributed by atoms with E-state index in [1.807, 2.05) is 30.3 Å². The first-order chi connectivity index (χ1) is 10.4. The van der Waals surface area contributed by atoms with Crippen molar-refractivity contribution < 1.29 is 9.90 Å². The lowest BCUT2D eigenvalue weighted by Crippen LogP contribution is -2.37. The van der Waals surface area contributed by atoms with Gasteiger partial charge in [0.15, 0.2) is 5.69 Å². The summed E-state index contributed by atoms with van der Waals surface area (Å²) in [4.78, 5) is 25.7. The number of rotatable bonds is 4. The van der Waals surface area contributed by atoms with Gasteiger partial charge in [0.25, 0.3) is 5.91 Å². The van der Waals surface area contributed by atoms with E-state index >= 15 is 0 Å². The Morgan fingerprint density at radius 1 is 1.36 bits per heavy atom. The molecule has 1 atom stereocenters. The van der Waals surface area contributed by atoms with Crippen LogP contribution in [0.3, 0.4) is 0 Å². The number of amides is 1. The number of aliphatic hydroxyl groups is 1. The number of nitrogens with zero attached hydrogens (tertiary/aromatic N) is 3. The molecular weight excluding hydrogens is 282 g/mol. The van der Waals surface area contributed by atoms with E-state index in [-0.39, 0.29) is 12.2 Å². The monoisotopic (exact) mass is 301 g/mol. The number of likely N-dealkylation sites (N-methyl/N-ethyl adjacent to an activating group) is 1. The van der Waals surface area contributed by atoms with Crippen LogP contribution in [0, 0.1) is 6.92 Å². The van der Waals surface area contributed by atoms with Gasteiger partial charge in [-0.2, -0.15) is 5.10 Å². The Hall–Kier alpha value is -2.47. The highest BCUT2D eigenvalue weighted by molar-refractivity contribution is 5.91. The summed E-state index contributed by atoms with van der Waals surface area (Å²) in [6.45, 7) is 3.48. The number of aryl methyl sites for hydroxylation is 1. The summed E-state index contributed by atoms with van der Waals surface area (Å²) in [5.74, 6) is -0.504. The molecule has 0 spiro atoms. The fourth-order valence-corrected chi connectivity index (χ4v) is 2.19. The van der Waals surface area contributed by atoms with E-state index in [2.05, 4.69) is 5.10 Å². The highest BCUT2D eigenvalue weighted by Crippen LogP contribution is 2.08. The lowest BCUT2D eigenvalue weighted by molar-refractivity contribution is 0.0695. The molecule has 1 aromatic carbocycles. The summed E-state index contributed by atoms with van der Waals surface area (Å²) < 4.78 is 1.56. The van der Waals surface area contributed by atoms with Gasteiger partial charge < -0.3 is 10.0 Å². The van der Waals surface area contributed by atoms with E-state index in [0.717, 1.165) is 5.69 Å². The summed E-state index contributed by atoms with van der Waals surface area (Å²) in [6, 6.07) is 10.7. The van der Waals surface area contributed by atoms with Gasteiger partial charge in [-0.15, -0.1) is 0 Å². The number of hydrogen-bond acceptors (Lipinski definition) is 4. The molecule has 0 bridgehead atoms. The minimum absolute atomic E-state index is 0.138. The third-order valence-corrected chi connectivity index (χ3v) is 3.20. The van der Waals surface area contributed by atoms with Crippen molar-refractivity contribution in [2.75, 3.05) is 13.6 Å². The van der Waals surface area contributed by atoms with Gasteiger partial charge in [-0.3, -0.25) is 9.59 Å². The van der Waals surface area contributed by atoms with Crippen molar-refractivity contribution in [2.45, 2.75) is 20.0 Å². The summed E-state index contributed by atoms with van der Waals surface area (Å²) in [5.41, 5.74) is 0.836. The van der Waals surface area contributed by atoms with Gasteiger partial charge >= 0.3 is 0 Å². The van der Waals surface area contributed by atoms with Gasteiger partial charge in [0, 0.05) is 25.4 Å². The molecule has 2 rings (SSSR count). The largest absolute Gasteiger partial charge is 0.392 e. The Balaban J connectivity index is 2.45. The molecular formula is C16H19N3O3. The molecule has 1 N–H and O–H groups in total. The number of hydrogen-bond donors (Lipinski definition) is 1. The second-order valence-corrected chi connectivity index (χ2v) is 5.28. The van der Waals surface area contributed by atoms with Crippen LogP contribution in [-0.4, -0.2) is 45.4 Å². The fraction of sp³-hybridized carbons (Fsp3) is 0.312. The number of carbonyl (C=O) groups is 1. The average molecular weight is 301 g/mol. The van der Waals surface area contributed by atoms with Gasteiger partial charge in [0.2, 0.25) is 5.43 Å². The normalized spacial score (nSPS) is 12.0. The smallest absolute Gasteiger partial charge is 0.278 e. The highest BCUT2D eigenvalue weighted by atomic mass is 16.3. The van der Waals surface area contributed by atoms with Crippen LogP contribution in [0.2, 0.25) is 0 Å². The molecule has 116 valence electrons. The molecule has 1 unspecified atom stereocenters. The Morgan fingerprint density at radius 2 is 2.00 bits per heavy atom. The quantitative estimate of drug-likeness (QED) is 0.914. The molecule has 1 amide bonds. The molecule has 0 aliphatic carbocycles. The number of aliphatic hydroxyl groups excluding tert-OH is 1. The first kappa shape index (κ1) is 15.9. The molecule has 0 saturated carbocycles. The molecule has 0 saturated heterocycles. The van der Waals surface area contributed by atoms with Crippen molar-refractivity contribution in [2.24, 2.45) is 0 Å². The molecule has 6 nitrogen and oxygen atoms in total. The zero-order valence-electron chi connectivity index (χ0n) is 12.9. The maximum Gasteiger partial charge on any atom is 0.278 e. The van der Waals surface area contributed by atoms with E-state index in [0.29, 0.717) is 5.69 Å². The predicted molar refractivity (Wildman–Crippen MR) is 83.2 cm³/mol. The van der Waals surface area contributed by atoms with Crippen LogP contribution in [-0.2, 0) is 0 Å². The SMILES string of the molecule is Cc1cc(=O)c(C(=O)N(C)CC(C)O)nn1-c1ccccc1. The molecule has 0 aliphatic heterocycles. The van der Waals surface area contributed by atoms with E-state index in [1.54, 1.807) is 18.5 Å². The Bertz CT molecular complexity index is 723. The summed E-state index contributed by atoms with van der Waals surface area (Å²) in [7, 11) is 1.53. The zero-order chi connectivity index (χ0) is 16.3. The molecule has 6 heteroatoms. The van der Waals surface area contributed by atoms with Gasteiger partial charge in [-0.05, 0) is 26.0 Å². The van der Waals surface area contributed by atoms with Crippen LogP contribution in [0.4, 0.5) is 0 Å². The van der Waals surface area contributed by atoms with E-state index < -0.39 is 17.4 Å². The lowest BCUT2D eigenvalue weighted by atomic mass is 10.2. The van der Waals surface area contributed by atoms with E-state index in [9.17, 15) is 14.7 Å². The van der Waals surface area contributed by atoms with Crippen molar-refractivity contribution in [3.63, 3.8) is 0 Å². The minimum Gasteiger partial charge on any atom is -0.392 e. The van der Waals surface area contributed by atoms with Gasteiger partial charge in [0.1, 0.15) is 0 Å². The summed E-state index contributed by atoms with van der Waals surface area (Å²) in [6.07, 6.45) is -0.671. The third kappa shape index (κ3) is 3.40. The second kappa shape index (κ2) is 6.53. The predicted octanol–water partition coefficient (Wildman–Crippen LogP) is 0.994. The van der Waals surface area contributed by atoms with Crippen LogP contribution in [0.1, 0.15) is 23.1 Å². The Morgan fingerprint density at radius 3 is 2.59 bits per heavy atom. The van der Waals surface area contributed by atoms with Crippen LogP contribution in [0.15, 0.2) is 41.2 Å². The maximum atomic E-state index is 12.3. The van der Waals surface area contributed by atoms with Gasteiger partial charge in [-0.1, -0.05) is 18.2 Å². The lowest BCUT2D eigenvalue weighted by Gasteiger charge is -2.19. The zero-order valence-corrected chi connectivity index (χ0v) is 12.9. The van der Waals surface area contributed by atoms with Crippen LogP contribution < -0.4 is 5.43 Å². The molecule has 0 radical (unpaired) electrons. The number of aromatic nitrogens is 2. The minimum atomic E-state index is -0.671. The topological polar surface area (TPSA) is 75.4 Å². The highest BCUT2D eigenvalue weighted by Gasteiger charge is 2.20. The van der Waals surface area contributed by atoms with Crippen LogP contribution >= 0.6 is 0 Å². The fourth-order valence-electron chi connectivity index (χ4n) is 2.19. The van der Waals surface area contributed by atoms with Crippen molar-refractivity contribution in [3.8, 4) is 5.69 Å². The maximum absolute atomic E-state index is 12.3. The van der Waals surface area contributed by atoms with Gasteiger partial charge in [0.05, 0.1) is 11.8 Å². The Kier molecular flexibility index (Phi) is 4.72. The summed E-state index contributed by atoms with van der Waals surface area (Å²) >= 11 is 0. The molecule has 0 fully saturated rings.